The number of halogens is 1. The molecule has 0 spiro atoms. The smallest absolute Gasteiger partial charge is 0.176 e. The SMILES string of the molecule is CS(=O)(=O)c1ccc(F)c2c1C(=O)CC2. The Balaban J connectivity index is 2.81. The van der Waals surface area contributed by atoms with Crippen molar-refractivity contribution in [2.24, 2.45) is 0 Å². The maximum absolute atomic E-state index is 13.3. The van der Waals surface area contributed by atoms with E-state index in [1.54, 1.807) is 0 Å². The zero-order valence-corrected chi connectivity index (χ0v) is 8.90. The molecule has 0 N–H and O–H groups in total. The maximum atomic E-state index is 13.3. The lowest BCUT2D eigenvalue weighted by molar-refractivity contribution is 0.0991. The van der Waals surface area contributed by atoms with Crippen LogP contribution in [0.15, 0.2) is 17.0 Å². The number of carbonyl (C=O) groups is 1. The van der Waals surface area contributed by atoms with Crippen molar-refractivity contribution in [3.63, 3.8) is 0 Å². The third-order valence-corrected chi connectivity index (χ3v) is 3.64. The summed E-state index contributed by atoms with van der Waals surface area (Å²) in [5.74, 6) is -0.784. The van der Waals surface area contributed by atoms with Gasteiger partial charge in [0.1, 0.15) is 5.82 Å². The molecule has 0 aromatic heterocycles. The summed E-state index contributed by atoms with van der Waals surface area (Å²) in [4.78, 5) is 11.4. The van der Waals surface area contributed by atoms with E-state index in [1.807, 2.05) is 0 Å². The number of carbonyl (C=O) groups excluding carboxylic acids is 1. The van der Waals surface area contributed by atoms with E-state index in [2.05, 4.69) is 0 Å². The summed E-state index contributed by atoms with van der Waals surface area (Å²) < 4.78 is 36.0. The van der Waals surface area contributed by atoms with Crippen molar-refractivity contribution in [3.8, 4) is 0 Å². The van der Waals surface area contributed by atoms with E-state index in [0.29, 0.717) is 6.42 Å². The second-order valence-corrected chi connectivity index (χ2v) is 5.58. The van der Waals surface area contributed by atoms with Crippen LogP contribution in [0.5, 0.6) is 0 Å². The van der Waals surface area contributed by atoms with E-state index in [9.17, 15) is 17.6 Å². The molecule has 0 unspecified atom stereocenters. The van der Waals surface area contributed by atoms with E-state index in [4.69, 9.17) is 0 Å². The second-order valence-electron chi connectivity index (χ2n) is 3.59. The van der Waals surface area contributed by atoms with Gasteiger partial charge in [0.25, 0.3) is 0 Å². The van der Waals surface area contributed by atoms with Crippen molar-refractivity contribution in [1.29, 1.82) is 0 Å². The standard InChI is InChI=1S/C10H9FO3S/c1-15(13,14)9-5-3-7(11)6-2-4-8(12)10(6)9/h3,5H,2,4H2,1H3. The minimum Gasteiger partial charge on any atom is -0.294 e. The molecule has 0 saturated heterocycles. The number of benzene rings is 1. The lowest BCUT2D eigenvalue weighted by Crippen LogP contribution is -2.06. The fourth-order valence-electron chi connectivity index (χ4n) is 1.82. The number of fused-ring (bicyclic) bond motifs is 1. The zero-order valence-electron chi connectivity index (χ0n) is 8.08. The average Bonchev–Trinajstić information content (AvgIpc) is 2.48. The van der Waals surface area contributed by atoms with Gasteiger partial charge < -0.3 is 0 Å². The lowest BCUT2D eigenvalue weighted by atomic mass is 10.1. The van der Waals surface area contributed by atoms with Gasteiger partial charge in [0, 0.05) is 23.8 Å². The molecule has 5 heteroatoms. The predicted octanol–water partition coefficient (Wildman–Crippen LogP) is 1.36. The van der Waals surface area contributed by atoms with Crippen LogP contribution in [0.25, 0.3) is 0 Å². The molecule has 1 aliphatic carbocycles. The molecular weight excluding hydrogens is 219 g/mol. The van der Waals surface area contributed by atoms with Gasteiger partial charge in [0.2, 0.25) is 0 Å². The summed E-state index contributed by atoms with van der Waals surface area (Å²) in [6.45, 7) is 0. The molecule has 1 aromatic carbocycles. The zero-order chi connectivity index (χ0) is 11.2. The Morgan fingerprint density at radius 3 is 2.53 bits per heavy atom. The van der Waals surface area contributed by atoms with Crippen molar-refractivity contribution in [2.75, 3.05) is 6.26 Å². The Bertz CT molecular complexity index is 546. The minimum absolute atomic E-state index is 0.0532. The Morgan fingerprint density at radius 1 is 1.27 bits per heavy atom. The van der Waals surface area contributed by atoms with E-state index in [0.717, 1.165) is 18.4 Å². The van der Waals surface area contributed by atoms with Crippen molar-refractivity contribution >= 4 is 15.6 Å². The van der Waals surface area contributed by atoms with Crippen molar-refractivity contribution in [2.45, 2.75) is 17.7 Å². The molecule has 2 rings (SSSR count). The van der Waals surface area contributed by atoms with E-state index in [1.165, 1.54) is 0 Å². The number of sulfone groups is 1. The van der Waals surface area contributed by atoms with Gasteiger partial charge >= 0.3 is 0 Å². The number of hydrogen-bond donors (Lipinski definition) is 0. The monoisotopic (exact) mass is 228 g/mol. The summed E-state index contributed by atoms with van der Waals surface area (Å²) >= 11 is 0. The summed E-state index contributed by atoms with van der Waals surface area (Å²) in [5.41, 5.74) is 0.292. The van der Waals surface area contributed by atoms with Crippen LogP contribution in [0.4, 0.5) is 4.39 Å². The van der Waals surface area contributed by atoms with Crippen molar-refractivity contribution in [1.82, 2.24) is 0 Å². The van der Waals surface area contributed by atoms with Crippen LogP contribution in [0.3, 0.4) is 0 Å². The Hall–Kier alpha value is -1.23. The summed E-state index contributed by atoms with van der Waals surface area (Å²) in [6.07, 6.45) is 1.51. The molecule has 0 fully saturated rings. The predicted molar refractivity (Wildman–Crippen MR) is 52.2 cm³/mol. The van der Waals surface area contributed by atoms with Gasteiger partial charge in [-0.05, 0) is 18.6 Å². The quantitative estimate of drug-likeness (QED) is 0.682. The largest absolute Gasteiger partial charge is 0.294 e. The van der Waals surface area contributed by atoms with Crippen LogP contribution in [0, 0.1) is 5.82 Å². The molecule has 80 valence electrons. The number of rotatable bonds is 1. The summed E-state index contributed by atoms with van der Waals surface area (Å²) in [5, 5.41) is 0. The van der Waals surface area contributed by atoms with Gasteiger partial charge in [0.05, 0.1) is 4.90 Å². The van der Waals surface area contributed by atoms with Crippen LogP contribution in [-0.4, -0.2) is 20.5 Å². The Labute approximate surface area is 86.8 Å². The number of ketones is 1. The molecule has 0 saturated carbocycles. The fourth-order valence-corrected chi connectivity index (χ4v) is 2.75. The van der Waals surface area contributed by atoms with Gasteiger partial charge in [-0.15, -0.1) is 0 Å². The number of hydrogen-bond acceptors (Lipinski definition) is 3. The highest BCUT2D eigenvalue weighted by Crippen LogP contribution is 2.30. The molecule has 0 atom stereocenters. The summed E-state index contributed by atoms with van der Waals surface area (Å²) in [6, 6.07) is 2.26. The van der Waals surface area contributed by atoms with Crippen LogP contribution < -0.4 is 0 Å². The average molecular weight is 228 g/mol. The highest BCUT2D eigenvalue weighted by molar-refractivity contribution is 7.90. The lowest BCUT2D eigenvalue weighted by Gasteiger charge is -2.05. The molecule has 1 aliphatic rings. The highest BCUT2D eigenvalue weighted by Gasteiger charge is 2.29. The van der Waals surface area contributed by atoms with Crippen LogP contribution >= 0.6 is 0 Å². The van der Waals surface area contributed by atoms with Gasteiger partial charge in [-0.25, -0.2) is 12.8 Å². The molecule has 15 heavy (non-hydrogen) atoms. The summed E-state index contributed by atoms with van der Waals surface area (Å²) in [7, 11) is -3.47. The first-order chi connectivity index (χ1) is 6.91. The van der Waals surface area contributed by atoms with Crippen LogP contribution in [-0.2, 0) is 16.3 Å². The normalized spacial score (nSPS) is 15.5. The fraction of sp³-hybridized carbons (Fsp3) is 0.300. The topological polar surface area (TPSA) is 51.2 Å². The van der Waals surface area contributed by atoms with Gasteiger partial charge in [-0.1, -0.05) is 0 Å². The molecular formula is C10H9FO3S. The Kier molecular flexibility index (Phi) is 2.15. The van der Waals surface area contributed by atoms with Crippen molar-refractivity contribution in [3.05, 3.63) is 29.1 Å². The van der Waals surface area contributed by atoms with Crippen LogP contribution in [0.2, 0.25) is 0 Å². The molecule has 0 aliphatic heterocycles. The van der Waals surface area contributed by atoms with Gasteiger partial charge in [-0.2, -0.15) is 0 Å². The maximum Gasteiger partial charge on any atom is 0.176 e. The first-order valence-electron chi connectivity index (χ1n) is 4.46. The molecule has 3 nitrogen and oxygen atoms in total. The van der Waals surface area contributed by atoms with Gasteiger partial charge in [0.15, 0.2) is 15.6 Å². The highest BCUT2D eigenvalue weighted by atomic mass is 32.2. The molecule has 0 heterocycles. The Morgan fingerprint density at radius 2 is 1.93 bits per heavy atom. The molecule has 1 aromatic rings. The minimum atomic E-state index is -3.47. The van der Waals surface area contributed by atoms with Gasteiger partial charge in [-0.3, -0.25) is 4.79 Å². The third kappa shape index (κ3) is 1.56. The van der Waals surface area contributed by atoms with E-state index in [-0.39, 0.29) is 28.2 Å². The van der Waals surface area contributed by atoms with E-state index >= 15 is 0 Å². The first-order valence-corrected chi connectivity index (χ1v) is 6.35. The molecule has 0 bridgehead atoms. The number of Topliss-reactive ketones (excluding diaryl/α,β-unsaturated/α-hetero) is 1. The third-order valence-electron chi connectivity index (χ3n) is 2.50. The van der Waals surface area contributed by atoms with Crippen LogP contribution in [0.1, 0.15) is 22.3 Å². The van der Waals surface area contributed by atoms with Crippen molar-refractivity contribution < 1.29 is 17.6 Å². The molecule has 0 amide bonds. The van der Waals surface area contributed by atoms with E-state index < -0.39 is 15.7 Å². The first kappa shape index (κ1) is 10.3. The second kappa shape index (κ2) is 3.13. The molecule has 0 radical (unpaired) electrons.